The summed E-state index contributed by atoms with van der Waals surface area (Å²) >= 11 is 1.37. The SMILES string of the molecule is CCC1=NC(=O)C(CC(=O)N2CCc3ccc(Oc4ccc(C(F)(F)F)cc4)cc3C2)S1. The standard InChI is InChI=1S/C23H21F3N2O3S/c1-2-20-27-22(30)19(32-20)12-21(29)28-10-9-14-3-6-18(11-15(14)13-28)31-17-7-4-16(5-8-17)23(24,25)26/h3-8,11,19H,2,9-10,12-13H2,1H3. The Kier molecular flexibility index (Phi) is 6.28. The van der Waals surface area contributed by atoms with Gasteiger partial charge in [-0.05, 0) is 60.4 Å². The van der Waals surface area contributed by atoms with E-state index >= 15 is 0 Å². The number of alkyl halides is 3. The zero-order valence-electron chi connectivity index (χ0n) is 17.3. The van der Waals surface area contributed by atoms with Crippen molar-refractivity contribution in [3.8, 4) is 11.5 Å². The monoisotopic (exact) mass is 462 g/mol. The molecular weight excluding hydrogens is 441 g/mol. The van der Waals surface area contributed by atoms with Gasteiger partial charge in [-0.3, -0.25) is 9.59 Å². The van der Waals surface area contributed by atoms with Crippen LogP contribution in [0.1, 0.15) is 36.5 Å². The van der Waals surface area contributed by atoms with Crippen molar-refractivity contribution in [1.29, 1.82) is 0 Å². The van der Waals surface area contributed by atoms with E-state index in [-0.39, 0.29) is 18.2 Å². The summed E-state index contributed by atoms with van der Waals surface area (Å²) in [6.45, 7) is 2.89. The molecule has 0 saturated carbocycles. The molecule has 2 heterocycles. The molecule has 2 amide bonds. The Morgan fingerprint density at radius 1 is 1.16 bits per heavy atom. The Hall–Kier alpha value is -2.81. The van der Waals surface area contributed by atoms with E-state index in [1.807, 2.05) is 13.0 Å². The molecule has 0 spiro atoms. The van der Waals surface area contributed by atoms with Crippen molar-refractivity contribution in [2.24, 2.45) is 4.99 Å². The van der Waals surface area contributed by atoms with Crippen LogP contribution in [0.15, 0.2) is 47.5 Å². The number of rotatable bonds is 5. The van der Waals surface area contributed by atoms with Gasteiger partial charge in [0.2, 0.25) is 5.91 Å². The zero-order valence-corrected chi connectivity index (χ0v) is 18.1. The van der Waals surface area contributed by atoms with E-state index in [4.69, 9.17) is 4.74 Å². The Morgan fingerprint density at radius 2 is 1.88 bits per heavy atom. The lowest BCUT2D eigenvalue weighted by molar-refractivity contribution is -0.137. The first-order valence-electron chi connectivity index (χ1n) is 10.3. The number of hydrogen-bond donors (Lipinski definition) is 0. The molecule has 0 radical (unpaired) electrons. The third-order valence-electron chi connectivity index (χ3n) is 5.41. The maximum atomic E-state index is 12.8. The smallest absolute Gasteiger partial charge is 0.416 e. The first-order valence-corrected chi connectivity index (χ1v) is 11.1. The van der Waals surface area contributed by atoms with Crippen LogP contribution in [0.2, 0.25) is 0 Å². The number of hydrogen-bond acceptors (Lipinski definition) is 4. The highest BCUT2D eigenvalue weighted by molar-refractivity contribution is 8.15. The van der Waals surface area contributed by atoms with Crippen LogP contribution >= 0.6 is 11.8 Å². The van der Waals surface area contributed by atoms with Gasteiger partial charge in [0.25, 0.3) is 5.91 Å². The van der Waals surface area contributed by atoms with Crippen LogP contribution in [0.3, 0.4) is 0 Å². The molecule has 4 rings (SSSR count). The summed E-state index contributed by atoms with van der Waals surface area (Å²) < 4.78 is 43.9. The van der Waals surface area contributed by atoms with E-state index in [2.05, 4.69) is 4.99 Å². The van der Waals surface area contributed by atoms with Crippen LogP contribution in [-0.2, 0) is 28.7 Å². The van der Waals surface area contributed by atoms with Gasteiger partial charge in [-0.1, -0.05) is 24.8 Å². The Bertz CT molecular complexity index is 1070. The van der Waals surface area contributed by atoms with E-state index in [0.29, 0.717) is 37.4 Å². The minimum Gasteiger partial charge on any atom is -0.457 e. The van der Waals surface area contributed by atoms with E-state index in [1.165, 1.54) is 23.9 Å². The molecule has 0 saturated heterocycles. The number of thioether (sulfide) groups is 1. The van der Waals surface area contributed by atoms with Crippen molar-refractivity contribution in [2.45, 2.75) is 44.2 Å². The number of amides is 2. The Labute approximate surface area is 187 Å². The number of carbonyl (C=O) groups is 2. The van der Waals surface area contributed by atoms with Gasteiger partial charge >= 0.3 is 6.18 Å². The second-order valence-corrected chi connectivity index (χ2v) is 8.90. The van der Waals surface area contributed by atoms with Crippen molar-refractivity contribution in [2.75, 3.05) is 6.54 Å². The normalized spacial score (nSPS) is 18.4. The molecule has 1 atom stereocenters. The molecule has 0 bridgehead atoms. The highest BCUT2D eigenvalue weighted by atomic mass is 32.2. The van der Waals surface area contributed by atoms with Gasteiger partial charge in [0.1, 0.15) is 16.7 Å². The topological polar surface area (TPSA) is 59.0 Å². The lowest BCUT2D eigenvalue weighted by atomic mass is 9.99. The van der Waals surface area contributed by atoms with Gasteiger partial charge in [0, 0.05) is 19.5 Å². The molecule has 2 aliphatic rings. The minimum absolute atomic E-state index is 0.0943. The molecule has 0 aromatic heterocycles. The molecule has 168 valence electrons. The number of halogens is 3. The number of aliphatic imine (C=N–C) groups is 1. The lowest BCUT2D eigenvalue weighted by Crippen LogP contribution is -2.37. The number of nitrogens with zero attached hydrogens (tertiary/aromatic N) is 2. The summed E-state index contributed by atoms with van der Waals surface area (Å²) in [5, 5.41) is 0.315. The molecule has 2 aliphatic heterocycles. The molecule has 0 N–H and O–H groups in total. The van der Waals surface area contributed by atoms with Crippen LogP contribution in [0.4, 0.5) is 13.2 Å². The molecule has 32 heavy (non-hydrogen) atoms. The second kappa shape index (κ2) is 8.97. The minimum atomic E-state index is -4.40. The van der Waals surface area contributed by atoms with E-state index in [0.717, 1.165) is 28.3 Å². The van der Waals surface area contributed by atoms with Crippen molar-refractivity contribution < 1.29 is 27.5 Å². The first kappa shape index (κ1) is 22.4. The highest BCUT2D eigenvalue weighted by Gasteiger charge is 2.32. The number of benzene rings is 2. The molecular formula is C23H21F3N2O3S. The quantitative estimate of drug-likeness (QED) is 0.611. The largest absolute Gasteiger partial charge is 0.457 e. The third-order valence-corrected chi connectivity index (χ3v) is 6.72. The van der Waals surface area contributed by atoms with Crippen LogP contribution in [0.5, 0.6) is 11.5 Å². The molecule has 5 nitrogen and oxygen atoms in total. The molecule has 2 aromatic carbocycles. The summed E-state index contributed by atoms with van der Waals surface area (Å²) in [7, 11) is 0. The fraction of sp³-hybridized carbons (Fsp3) is 0.348. The summed E-state index contributed by atoms with van der Waals surface area (Å²) in [5.41, 5.74) is 1.28. The van der Waals surface area contributed by atoms with Crippen LogP contribution in [0, 0.1) is 0 Å². The van der Waals surface area contributed by atoms with Crippen LogP contribution < -0.4 is 4.74 Å². The predicted octanol–water partition coefficient (Wildman–Crippen LogP) is 5.22. The predicted molar refractivity (Wildman–Crippen MR) is 116 cm³/mol. The number of fused-ring (bicyclic) bond motifs is 1. The summed E-state index contributed by atoms with van der Waals surface area (Å²) in [6.07, 6.45) is -2.91. The highest BCUT2D eigenvalue weighted by Crippen LogP contribution is 2.33. The molecule has 2 aromatic rings. The van der Waals surface area contributed by atoms with Gasteiger partial charge in [-0.25, -0.2) is 4.99 Å². The summed E-state index contributed by atoms with van der Waals surface area (Å²) in [5.74, 6) is 0.443. The van der Waals surface area contributed by atoms with Crippen molar-refractivity contribution in [3.63, 3.8) is 0 Å². The molecule has 0 aliphatic carbocycles. The van der Waals surface area contributed by atoms with Gasteiger partial charge in [0.05, 0.1) is 10.6 Å². The van der Waals surface area contributed by atoms with Crippen molar-refractivity contribution in [3.05, 3.63) is 59.2 Å². The third kappa shape index (κ3) is 4.98. The number of carbonyl (C=O) groups excluding carboxylic acids is 2. The Balaban J connectivity index is 1.40. The van der Waals surface area contributed by atoms with Crippen molar-refractivity contribution >= 4 is 28.6 Å². The van der Waals surface area contributed by atoms with E-state index in [1.54, 1.807) is 17.0 Å². The molecule has 0 fully saturated rings. The van der Waals surface area contributed by atoms with E-state index < -0.39 is 17.0 Å². The van der Waals surface area contributed by atoms with Gasteiger partial charge in [-0.2, -0.15) is 13.2 Å². The maximum Gasteiger partial charge on any atom is 0.416 e. The fourth-order valence-electron chi connectivity index (χ4n) is 3.67. The number of ether oxygens (including phenoxy) is 1. The van der Waals surface area contributed by atoms with E-state index in [9.17, 15) is 22.8 Å². The maximum absolute atomic E-state index is 12.8. The van der Waals surface area contributed by atoms with Crippen molar-refractivity contribution in [1.82, 2.24) is 4.90 Å². The molecule has 9 heteroatoms. The summed E-state index contributed by atoms with van der Waals surface area (Å²) in [4.78, 5) is 30.5. The first-order chi connectivity index (χ1) is 15.2. The second-order valence-electron chi connectivity index (χ2n) is 7.63. The van der Waals surface area contributed by atoms with Gasteiger partial charge in [0.15, 0.2) is 0 Å². The van der Waals surface area contributed by atoms with Crippen LogP contribution in [0.25, 0.3) is 0 Å². The van der Waals surface area contributed by atoms with Gasteiger partial charge < -0.3 is 9.64 Å². The Morgan fingerprint density at radius 3 is 2.53 bits per heavy atom. The zero-order chi connectivity index (χ0) is 22.9. The average Bonchev–Trinajstić information content (AvgIpc) is 3.12. The summed E-state index contributed by atoms with van der Waals surface area (Å²) in [6, 6.07) is 10.00. The van der Waals surface area contributed by atoms with Crippen LogP contribution in [-0.4, -0.2) is 33.6 Å². The average molecular weight is 462 g/mol. The lowest BCUT2D eigenvalue weighted by Gasteiger charge is -2.29. The fourth-order valence-corrected chi connectivity index (χ4v) is 4.69. The molecule has 1 unspecified atom stereocenters. The van der Waals surface area contributed by atoms with Gasteiger partial charge in [-0.15, -0.1) is 0 Å².